The van der Waals surface area contributed by atoms with Crippen molar-refractivity contribution in [3.05, 3.63) is 34.4 Å². The fourth-order valence-electron chi connectivity index (χ4n) is 4.72. The van der Waals surface area contributed by atoms with Crippen LogP contribution in [0.5, 0.6) is 11.5 Å². The topological polar surface area (TPSA) is 47.7 Å². The Morgan fingerprint density at radius 2 is 2.00 bits per heavy atom. The highest BCUT2D eigenvalue weighted by Crippen LogP contribution is 2.39. The first-order chi connectivity index (χ1) is 15.4. The summed E-state index contributed by atoms with van der Waals surface area (Å²) in [7, 11) is 7.67. The van der Waals surface area contributed by atoms with Crippen LogP contribution in [0.3, 0.4) is 0 Å². The first-order valence-corrected chi connectivity index (χ1v) is 12.2. The molecule has 0 bridgehead atoms. The van der Waals surface area contributed by atoms with Crippen molar-refractivity contribution in [2.45, 2.75) is 71.2 Å². The molecule has 1 aromatic carbocycles. The van der Waals surface area contributed by atoms with Gasteiger partial charge in [0.1, 0.15) is 17.3 Å². The van der Waals surface area contributed by atoms with Gasteiger partial charge in [0.25, 0.3) is 0 Å². The molecular formula is C24H39N5O2S. The average molecular weight is 462 g/mol. The van der Waals surface area contributed by atoms with E-state index in [-0.39, 0.29) is 12.1 Å². The monoisotopic (exact) mass is 461 g/mol. The Morgan fingerprint density at radius 3 is 2.62 bits per heavy atom. The van der Waals surface area contributed by atoms with E-state index in [0.29, 0.717) is 6.67 Å². The van der Waals surface area contributed by atoms with Crippen LogP contribution in [-0.4, -0.2) is 59.0 Å². The van der Waals surface area contributed by atoms with Crippen molar-refractivity contribution in [1.29, 1.82) is 0 Å². The molecule has 1 fully saturated rings. The Balaban J connectivity index is 1.94. The van der Waals surface area contributed by atoms with Gasteiger partial charge in [-0.3, -0.25) is 9.80 Å². The molecule has 0 unspecified atom stereocenters. The van der Waals surface area contributed by atoms with E-state index in [1.807, 2.05) is 16.8 Å². The molecule has 0 radical (unpaired) electrons. The lowest BCUT2D eigenvalue weighted by atomic mass is 10.0. The van der Waals surface area contributed by atoms with Crippen molar-refractivity contribution in [3.63, 3.8) is 0 Å². The van der Waals surface area contributed by atoms with Crippen molar-refractivity contribution in [3.8, 4) is 11.5 Å². The lowest BCUT2D eigenvalue weighted by Gasteiger charge is -2.26. The highest BCUT2D eigenvalue weighted by molar-refractivity contribution is 7.71. The maximum Gasteiger partial charge on any atom is 0.199 e. The standard InChI is InChI=1S/C24H39N5O2S/c1-7-9-15-28-23(20(8-2)26(3)4)25-29(24(28)32)17-27-14-10-11-21(27)19-16-18(30-5)12-13-22(19)31-6/h12-13,16,20-21H,7-11,14-15,17H2,1-6H3/t20-,21-/m1/s1. The molecule has 2 aromatic rings. The van der Waals surface area contributed by atoms with E-state index >= 15 is 0 Å². The number of likely N-dealkylation sites (tertiary alicyclic amines) is 1. The number of hydrogen-bond donors (Lipinski definition) is 0. The van der Waals surface area contributed by atoms with Crippen molar-refractivity contribution in [2.75, 3.05) is 34.9 Å². The van der Waals surface area contributed by atoms with E-state index in [4.69, 9.17) is 26.8 Å². The van der Waals surface area contributed by atoms with Gasteiger partial charge in [-0.15, -0.1) is 0 Å². The molecular weight excluding hydrogens is 422 g/mol. The summed E-state index contributed by atoms with van der Waals surface area (Å²) in [5, 5.41) is 5.06. The number of benzene rings is 1. The number of nitrogens with zero attached hydrogens (tertiary/aromatic N) is 5. The van der Waals surface area contributed by atoms with Crippen LogP contribution in [0.4, 0.5) is 0 Å². The number of aromatic nitrogens is 3. The van der Waals surface area contributed by atoms with Gasteiger partial charge in [0.15, 0.2) is 4.77 Å². The van der Waals surface area contributed by atoms with Gasteiger partial charge in [-0.25, -0.2) is 4.68 Å². The van der Waals surface area contributed by atoms with Crippen LogP contribution in [0.2, 0.25) is 0 Å². The zero-order valence-corrected chi connectivity index (χ0v) is 21.3. The van der Waals surface area contributed by atoms with E-state index in [1.165, 1.54) is 5.56 Å². The number of methoxy groups -OCH3 is 2. The summed E-state index contributed by atoms with van der Waals surface area (Å²) in [5.74, 6) is 2.83. The van der Waals surface area contributed by atoms with Crippen LogP contribution in [0.1, 0.15) is 69.4 Å². The van der Waals surface area contributed by atoms with Gasteiger partial charge < -0.3 is 14.0 Å². The molecule has 1 saturated heterocycles. The van der Waals surface area contributed by atoms with Crippen molar-refractivity contribution in [2.24, 2.45) is 0 Å². The first kappa shape index (κ1) is 24.7. The third-order valence-electron chi connectivity index (χ3n) is 6.47. The van der Waals surface area contributed by atoms with E-state index in [9.17, 15) is 0 Å². The maximum absolute atomic E-state index is 5.93. The van der Waals surface area contributed by atoms with Crippen LogP contribution in [-0.2, 0) is 13.2 Å². The quantitative estimate of drug-likeness (QED) is 0.437. The highest BCUT2D eigenvalue weighted by atomic mass is 32.1. The zero-order chi connectivity index (χ0) is 23.3. The summed E-state index contributed by atoms with van der Waals surface area (Å²) in [6.07, 6.45) is 5.45. The van der Waals surface area contributed by atoms with Gasteiger partial charge in [0, 0.05) is 24.7 Å². The fraction of sp³-hybridized carbons (Fsp3) is 0.667. The summed E-state index contributed by atoms with van der Waals surface area (Å²) < 4.78 is 16.3. The van der Waals surface area contributed by atoms with Gasteiger partial charge in [0.2, 0.25) is 0 Å². The molecule has 32 heavy (non-hydrogen) atoms. The van der Waals surface area contributed by atoms with Gasteiger partial charge in [-0.1, -0.05) is 20.3 Å². The summed E-state index contributed by atoms with van der Waals surface area (Å²) in [6, 6.07) is 6.55. The molecule has 8 heteroatoms. The van der Waals surface area contributed by atoms with E-state index in [1.54, 1.807) is 14.2 Å². The minimum atomic E-state index is 0.252. The fourth-order valence-corrected chi connectivity index (χ4v) is 5.00. The van der Waals surface area contributed by atoms with E-state index in [2.05, 4.69) is 48.4 Å². The predicted octanol–water partition coefficient (Wildman–Crippen LogP) is 5.04. The summed E-state index contributed by atoms with van der Waals surface area (Å²) in [5.41, 5.74) is 1.17. The molecule has 0 aliphatic carbocycles. The zero-order valence-electron chi connectivity index (χ0n) is 20.5. The molecule has 0 amide bonds. The Labute approximate surface area is 197 Å². The summed E-state index contributed by atoms with van der Waals surface area (Å²) >= 11 is 5.93. The minimum Gasteiger partial charge on any atom is -0.497 e. The summed E-state index contributed by atoms with van der Waals surface area (Å²) in [4.78, 5) is 4.70. The Morgan fingerprint density at radius 1 is 1.22 bits per heavy atom. The largest absolute Gasteiger partial charge is 0.497 e. The van der Waals surface area contributed by atoms with Crippen molar-refractivity contribution >= 4 is 12.2 Å². The van der Waals surface area contributed by atoms with Crippen molar-refractivity contribution in [1.82, 2.24) is 24.1 Å². The number of hydrogen-bond acceptors (Lipinski definition) is 6. The van der Waals surface area contributed by atoms with Crippen LogP contribution >= 0.6 is 12.2 Å². The van der Waals surface area contributed by atoms with Gasteiger partial charge in [-0.05, 0) is 70.2 Å². The molecule has 0 N–H and O–H groups in total. The average Bonchev–Trinajstić information content (AvgIpc) is 3.37. The molecule has 2 atom stereocenters. The van der Waals surface area contributed by atoms with E-state index in [0.717, 1.165) is 67.3 Å². The second kappa shape index (κ2) is 11.3. The Hall–Kier alpha value is -1.90. The molecule has 7 nitrogen and oxygen atoms in total. The normalized spacial score (nSPS) is 17.8. The molecule has 3 rings (SSSR count). The molecule has 0 spiro atoms. The third-order valence-corrected chi connectivity index (χ3v) is 6.90. The summed E-state index contributed by atoms with van der Waals surface area (Å²) in [6.45, 7) is 7.03. The molecule has 2 heterocycles. The smallest absolute Gasteiger partial charge is 0.199 e. The lowest BCUT2D eigenvalue weighted by Crippen LogP contribution is -2.27. The minimum absolute atomic E-state index is 0.252. The second-order valence-electron chi connectivity index (χ2n) is 8.75. The molecule has 1 aliphatic heterocycles. The molecule has 1 aliphatic rings. The third kappa shape index (κ3) is 5.18. The van der Waals surface area contributed by atoms with Gasteiger partial charge in [0.05, 0.1) is 26.9 Å². The Bertz CT molecular complexity index is 939. The van der Waals surface area contributed by atoms with Crippen LogP contribution < -0.4 is 9.47 Å². The SMILES string of the molecule is CCCCn1c([C@@H](CC)N(C)C)nn(CN2CCC[C@@H]2c2cc(OC)ccc2OC)c1=S. The van der Waals surface area contributed by atoms with Crippen molar-refractivity contribution < 1.29 is 9.47 Å². The number of rotatable bonds is 11. The number of unbranched alkanes of at least 4 members (excludes halogenated alkanes) is 1. The van der Waals surface area contributed by atoms with Gasteiger partial charge in [-0.2, -0.15) is 5.10 Å². The van der Waals surface area contributed by atoms with E-state index < -0.39 is 0 Å². The van der Waals surface area contributed by atoms with Crippen LogP contribution in [0.25, 0.3) is 0 Å². The molecule has 178 valence electrons. The Kier molecular flexibility index (Phi) is 8.73. The first-order valence-electron chi connectivity index (χ1n) is 11.7. The lowest BCUT2D eigenvalue weighted by molar-refractivity contribution is 0.185. The maximum atomic E-state index is 5.93. The van der Waals surface area contributed by atoms with Gasteiger partial charge >= 0.3 is 0 Å². The second-order valence-corrected chi connectivity index (χ2v) is 9.12. The van der Waals surface area contributed by atoms with Crippen LogP contribution in [0.15, 0.2) is 18.2 Å². The molecule has 0 saturated carbocycles. The van der Waals surface area contributed by atoms with Crippen LogP contribution in [0, 0.1) is 4.77 Å². The molecule has 1 aromatic heterocycles. The highest BCUT2D eigenvalue weighted by Gasteiger charge is 2.30. The number of ether oxygens (including phenoxy) is 2. The predicted molar refractivity (Wildman–Crippen MR) is 131 cm³/mol.